The van der Waals surface area contributed by atoms with Crippen molar-refractivity contribution in [2.75, 3.05) is 0 Å². The fraction of sp³-hybridized carbons (Fsp3) is 0.438. The van der Waals surface area contributed by atoms with Gasteiger partial charge in [0, 0.05) is 0 Å². The van der Waals surface area contributed by atoms with Crippen LogP contribution in [0.1, 0.15) is 61.8 Å². The molecule has 0 saturated carbocycles. The van der Waals surface area contributed by atoms with Gasteiger partial charge in [0.2, 0.25) is 0 Å². The minimum absolute atomic E-state index is 0.0966. The lowest BCUT2D eigenvalue weighted by atomic mass is 9.85. The van der Waals surface area contributed by atoms with Crippen molar-refractivity contribution in [3.8, 4) is 0 Å². The number of halogens is 1. The molecule has 0 bridgehead atoms. The number of hydrogen-bond donors (Lipinski definition) is 1. The van der Waals surface area contributed by atoms with E-state index in [0.717, 1.165) is 22.3 Å². The zero-order chi connectivity index (χ0) is 14.6. The van der Waals surface area contributed by atoms with Crippen LogP contribution in [0.5, 0.6) is 0 Å². The van der Waals surface area contributed by atoms with Crippen LogP contribution < -0.4 is 0 Å². The van der Waals surface area contributed by atoms with E-state index >= 15 is 0 Å². The molecule has 0 aliphatic heterocycles. The van der Waals surface area contributed by atoms with Crippen LogP contribution >= 0.6 is 15.9 Å². The maximum atomic E-state index is 11.1. The van der Waals surface area contributed by atoms with Crippen LogP contribution in [-0.4, -0.2) is 11.1 Å². The summed E-state index contributed by atoms with van der Waals surface area (Å²) in [6.45, 7) is 8.41. The van der Waals surface area contributed by atoms with Crippen LogP contribution in [0.2, 0.25) is 0 Å². The molecule has 0 saturated heterocycles. The summed E-state index contributed by atoms with van der Waals surface area (Å²) >= 11 is 3.29. The molecule has 0 atom stereocenters. The molecule has 0 fully saturated rings. The summed E-state index contributed by atoms with van der Waals surface area (Å²) in [7, 11) is 0. The maximum absolute atomic E-state index is 11.1. The number of carbonyl (C=O) groups is 1. The van der Waals surface area contributed by atoms with E-state index in [1.807, 2.05) is 11.1 Å². The third-order valence-electron chi connectivity index (χ3n) is 3.17. The molecule has 0 unspecified atom stereocenters. The number of carboxylic acids is 1. The van der Waals surface area contributed by atoms with Crippen molar-refractivity contribution in [1.29, 1.82) is 0 Å². The summed E-state index contributed by atoms with van der Waals surface area (Å²) in [5.74, 6) is -0.140. The second-order valence-corrected chi connectivity index (χ2v) is 5.88. The quantitative estimate of drug-likeness (QED) is 0.834. The standard InChI is InChI=1S/C16H21BrO2/c1-10(2)13-7-12(5-6-17)8-14(11(3)4)15(13)9-16(18)19/h5-8,10-11H,9H2,1-4H3,(H,18,19). The van der Waals surface area contributed by atoms with E-state index in [9.17, 15) is 4.79 Å². The Morgan fingerprint density at radius 1 is 1.21 bits per heavy atom. The van der Waals surface area contributed by atoms with E-state index < -0.39 is 5.97 Å². The first-order valence-electron chi connectivity index (χ1n) is 6.52. The Morgan fingerprint density at radius 3 is 2.00 bits per heavy atom. The molecule has 0 aliphatic rings. The van der Waals surface area contributed by atoms with Crippen LogP contribution in [-0.2, 0) is 11.2 Å². The van der Waals surface area contributed by atoms with Gasteiger partial charge >= 0.3 is 5.97 Å². The van der Waals surface area contributed by atoms with Crippen molar-refractivity contribution in [3.63, 3.8) is 0 Å². The van der Waals surface area contributed by atoms with Gasteiger partial charge in [0.25, 0.3) is 0 Å². The largest absolute Gasteiger partial charge is 0.481 e. The van der Waals surface area contributed by atoms with Gasteiger partial charge in [0.15, 0.2) is 0 Å². The van der Waals surface area contributed by atoms with Crippen LogP contribution in [0.3, 0.4) is 0 Å². The maximum Gasteiger partial charge on any atom is 0.307 e. The minimum atomic E-state index is -0.771. The van der Waals surface area contributed by atoms with E-state index in [2.05, 4.69) is 55.8 Å². The van der Waals surface area contributed by atoms with Crippen LogP contribution in [0, 0.1) is 0 Å². The molecule has 0 spiro atoms. The molecule has 0 radical (unpaired) electrons. The predicted molar refractivity (Wildman–Crippen MR) is 83.9 cm³/mol. The molecule has 1 N–H and O–H groups in total. The molecule has 1 aromatic rings. The first-order chi connectivity index (χ1) is 8.86. The number of carboxylic acid groups (broad SMARTS) is 1. The highest BCUT2D eigenvalue weighted by Crippen LogP contribution is 2.30. The summed E-state index contributed by atoms with van der Waals surface area (Å²) in [6.07, 6.45) is 2.08. The summed E-state index contributed by atoms with van der Waals surface area (Å²) in [5, 5.41) is 9.13. The molecule has 0 amide bonds. The van der Waals surface area contributed by atoms with Gasteiger partial charge in [-0.15, -0.1) is 0 Å². The number of benzene rings is 1. The SMILES string of the molecule is CC(C)c1cc(C=CBr)cc(C(C)C)c1CC(=O)O. The molecule has 0 aromatic heterocycles. The van der Waals surface area contributed by atoms with Crippen molar-refractivity contribution in [3.05, 3.63) is 39.4 Å². The van der Waals surface area contributed by atoms with Crippen LogP contribution in [0.25, 0.3) is 6.08 Å². The van der Waals surface area contributed by atoms with Crippen LogP contribution in [0.4, 0.5) is 0 Å². The number of aliphatic carboxylic acids is 1. The van der Waals surface area contributed by atoms with Gasteiger partial charge < -0.3 is 5.11 Å². The monoisotopic (exact) mass is 324 g/mol. The van der Waals surface area contributed by atoms with E-state index in [4.69, 9.17) is 5.11 Å². The molecule has 1 aromatic carbocycles. The first kappa shape index (κ1) is 16.0. The van der Waals surface area contributed by atoms with E-state index in [1.165, 1.54) is 0 Å². The lowest BCUT2D eigenvalue weighted by Crippen LogP contribution is -2.10. The average Bonchev–Trinajstić information content (AvgIpc) is 2.29. The fourth-order valence-electron chi connectivity index (χ4n) is 2.30. The molecule has 104 valence electrons. The molecule has 19 heavy (non-hydrogen) atoms. The molecule has 1 rings (SSSR count). The Balaban J connectivity index is 3.50. The molecule has 2 nitrogen and oxygen atoms in total. The van der Waals surface area contributed by atoms with Crippen molar-refractivity contribution >= 4 is 28.0 Å². The van der Waals surface area contributed by atoms with Crippen molar-refractivity contribution < 1.29 is 9.90 Å². The Bertz CT molecular complexity index is 459. The lowest BCUT2D eigenvalue weighted by molar-refractivity contribution is -0.136. The molecule has 0 aliphatic carbocycles. The van der Waals surface area contributed by atoms with E-state index in [1.54, 1.807) is 0 Å². The summed E-state index contributed by atoms with van der Waals surface area (Å²) in [5.41, 5.74) is 4.35. The first-order valence-corrected chi connectivity index (χ1v) is 7.43. The van der Waals surface area contributed by atoms with Gasteiger partial charge in [-0.05, 0) is 45.2 Å². The van der Waals surface area contributed by atoms with Gasteiger partial charge in [0.1, 0.15) is 0 Å². The molecular formula is C16H21BrO2. The average molecular weight is 325 g/mol. The van der Waals surface area contributed by atoms with Crippen molar-refractivity contribution in [2.24, 2.45) is 0 Å². The smallest absolute Gasteiger partial charge is 0.307 e. The Morgan fingerprint density at radius 2 is 1.68 bits per heavy atom. The third-order valence-corrected chi connectivity index (χ3v) is 3.43. The Kier molecular flexibility index (Phi) is 5.80. The lowest BCUT2D eigenvalue weighted by Gasteiger charge is -2.20. The minimum Gasteiger partial charge on any atom is -0.481 e. The zero-order valence-corrected chi connectivity index (χ0v) is 13.5. The predicted octanol–water partition coefficient (Wildman–Crippen LogP) is 4.93. The summed E-state index contributed by atoms with van der Waals surface area (Å²) in [6, 6.07) is 4.18. The summed E-state index contributed by atoms with van der Waals surface area (Å²) < 4.78 is 0. The molecule has 3 heteroatoms. The molecule has 0 heterocycles. The Hall–Kier alpha value is -1.09. The van der Waals surface area contributed by atoms with E-state index in [-0.39, 0.29) is 6.42 Å². The van der Waals surface area contributed by atoms with Gasteiger partial charge in [-0.1, -0.05) is 55.8 Å². The van der Waals surface area contributed by atoms with Gasteiger partial charge in [0.05, 0.1) is 6.42 Å². The second kappa shape index (κ2) is 6.90. The second-order valence-electron chi connectivity index (χ2n) is 5.35. The van der Waals surface area contributed by atoms with Gasteiger partial charge in [-0.2, -0.15) is 0 Å². The highest BCUT2D eigenvalue weighted by Gasteiger charge is 2.17. The van der Waals surface area contributed by atoms with Crippen molar-refractivity contribution in [2.45, 2.75) is 46.0 Å². The van der Waals surface area contributed by atoms with Gasteiger partial charge in [-0.3, -0.25) is 4.79 Å². The van der Waals surface area contributed by atoms with E-state index in [0.29, 0.717) is 11.8 Å². The fourth-order valence-corrected chi connectivity index (χ4v) is 2.60. The highest BCUT2D eigenvalue weighted by atomic mass is 79.9. The van der Waals surface area contributed by atoms with Crippen molar-refractivity contribution in [1.82, 2.24) is 0 Å². The highest BCUT2D eigenvalue weighted by molar-refractivity contribution is 9.11. The van der Waals surface area contributed by atoms with Gasteiger partial charge in [-0.25, -0.2) is 0 Å². The Labute approximate surface area is 123 Å². The zero-order valence-electron chi connectivity index (χ0n) is 11.9. The third kappa shape index (κ3) is 4.20. The van der Waals surface area contributed by atoms with Crippen LogP contribution in [0.15, 0.2) is 17.1 Å². The normalized spacial score (nSPS) is 11.7. The number of rotatable bonds is 5. The summed E-state index contributed by atoms with van der Waals surface area (Å²) in [4.78, 5) is 12.9. The topological polar surface area (TPSA) is 37.3 Å². The number of hydrogen-bond acceptors (Lipinski definition) is 1. The molecular weight excluding hydrogens is 304 g/mol.